The Hall–Kier alpha value is -1.42. The van der Waals surface area contributed by atoms with Crippen LogP contribution in [0.3, 0.4) is 0 Å². The minimum Gasteiger partial charge on any atom is -0.383 e. The summed E-state index contributed by atoms with van der Waals surface area (Å²) in [7, 11) is -2.16. The molecule has 0 unspecified atom stereocenters. The molecule has 0 aliphatic heterocycles. The van der Waals surface area contributed by atoms with Crippen LogP contribution in [0.5, 0.6) is 0 Å². The molecule has 0 saturated heterocycles. The molecule has 0 aliphatic rings. The van der Waals surface area contributed by atoms with Crippen LogP contribution in [-0.2, 0) is 14.8 Å². The van der Waals surface area contributed by atoms with Crippen molar-refractivity contribution in [3.05, 3.63) is 29.3 Å². The highest BCUT2D eigenvalue weighted by Crippen LogP contribution is 2.17. The molecular formula is C11H14N2O3S. The van der Waals surface area contributed by atoms with Gasteiger partial charge in [-0.25, -0.2) is 13.1 Å². The summed E-state index contributed by atoms with van der Waals surface area (Å²) in [6.45, 7) is 2.16. The zero-order chi connectivity index (χ0) is 12.9. The molecule has 0 radical (unpaired) electrons. The smallest absolute Gasteiger partial charge is 0.241 e. The Morgan fingerprint density at radius 2 is 2.18 bits per heavy atom. The molecular weight excluding hydrogens is 240 g/mol. The maximum Gasteiger partial charge on any atom is 0.241 e. The van der Waals surface area contributed by atoms with Crippen LogP contribution in [-0.4, -0.2) is 28.7 Å². The third kappa shape index (κ3) is 3.27. The first-order valence-electron chi connectivity index (χ1n) is 5.01. The van der Waals surface area contributed by atoms with E-state index in [0.717, 1.165) is 0 Å². The Labute approximate surface area is 101 Å². The van der Waals surface area contributed by atoms with Gasteiger partial charge in [0.2, 0.25) is 10.0 Å². The zero-order valence-corrected chi connectivity index (χ0v) is 10.5. The third-order valence-corrected chi connectivity index (χ3v) is 3.74. The van der Waals surface area contributed by atoms with E-state index in [-0.39, 0.29) is 23.6 Å². The van der Waals surface area contributed by atoms with Gasteiger partial charge in [0.05, 0.1) is 17.1 Å². The quantitative estimate of drug-likeness (QED) is 0.788. The fourth-order valence-electron chi connectivity index (χ4n) is 1.36. The van der Waals surface area contributed by atoms with Crippen molar-refractivity contribution in [3.63, 3.8) is 0 Å². The van der Waals surface area contributed by atoms with Gasteiger partial charge in [-0.2, -0.15) is 5.26 Å². The molecule has 0 saturated carbocycles. The number of aryl methyl sites for hydroxylation is 1. The fraction of sp³-hybridized carbons (Fsp3) is 0.364. The van der Waals surface area contributed by atoms with Crippen LogP contribution in [0.4, 0.5) is 0 Å². The molecule has 0 fully saturated rings. The van der Waals surface area contributed by atoms with E-state index in [1.54, 1.807) is 19.1 Å². The van der Waals surface area contributed by atoms with Crippen molar-refractivity contribution in [1.82, 2.24) is 4.72 Å². The van der Waals surface area contributed by atoms with E-state index >= 15 is 0 Å². The lowest BCUT2D eigenvalue weighted by Gasteiger charge is -2.09. The monoisotopic (exact) mass is 254 g/mol. The molecule has 0 heterocycles. The predicted octanol–water partition coefficient (Wildman–Crippen LogP) is 0.791. The van der Waals surface area contributed by atoms with Crippen molar-refractivity contribution in [3.8, 4) is 6.07 Å². The molecule has 92 valence electrons. The molecule has 0 spiro atoms. The lowest BCUT2D eigenvalue weighted by molar-refractivity contribution is 0.204. The standard InChI is InChI=1S/C11H14N2O3S/c1-9-4-3-5-11(10(9)8-12)17(14,15)13-6-7-16-2/h3-5,13H,6-7H2,1-2H3. The summed E-state index contributed by atoms with van der Waals surface area (Å²) in [5.41, 5.74) is 0.819. The van der Waals surface area contributed by atoms with Crippen LogP contribution in [0, 0.1) is 18.3 Å². The van der Waals surface area contributed by atoms with Gasteiger partial charge in [-0.15, -0.1) is 0 Å². The second-order valence-electron chi connectivity index (χ2n) is 3.45. The Balaban J connectivity index is 3.08. The molecule has 1 aromatic carbocycles. The molecule has 17 heavy (non-hydrogen) atoms. The van der Waals surface area contributed by atoms with Gasteiger partial charge in [-0.05, 0) is 18.6 Å². The highest BCUT2D eigenvalue weighted by molar-refractivity contribution is 7.89. The third-order valence-electron chi connectivity index (χ3n) is 2.23. The molecule has 1 N–H and O–H groups in total. The molecule has 6 heteroatoms. The highest BCUT2D eigenvalue weighted by atomic mass is 32.2. The lowest BCUT2D eigenvalue weighted by atomic mass is 10.1. The first kappa shape index (κ1) is 13.6. The van der Waals surface area contributed by atoms with Gasteiger partial charge < -0.3 is 4.74 Å². The lowest BCUT2D eigenvalue weighted by Crippen LogP contribution is -2.28. The molecule has 0 atom stereocenters. The van der Waals surface area contributed by atoms with E-state index < -0.39 is 10.0 Å². The average Bonchev–Trinajstić information content (AvgIpc) is 2.29. The van der Waals surface area contributed by atoms with Gasteiger partial charge in [0, 0.05) is 13.7 Å². The molecule has 0 bridgehead atoms. The number of sulfonamides is 1. The first-order valence-corrected chi connectivity index (χ1v) is 6.49. The van der Waals surface area contributed by atoms with Gasteiger partial charge in [-0.1, -0.05) is 12.1 Å². The number of nitriles is 1. The predicted molar refractivity (Wildman–Crippen MR) is 63.0 cm³/mol. The summed E-state index contributed by atoms with van der Waals surface area (Å²) >= 11 is 0. The number of benzene rings is 1. The number of methoxy groups -OCH3 is 1. The molecule has 1 rings (SSSR count). The summed E-state index contributed by atoms with van der Waals surface area (Å²) in [4.78, 5) is 0.0103. The maximum atomic E-state index is 11.9. The minimum atomic E-state index is -3.65. The summed E-state index contributed by atoms with van der Waals surface area (Å²) in [5, 5.41) is 8.97. The highest BCUT2D eigenvalue weighted by Gasteiger charge is 2.18. The maximum absolute atomic E-state index is 11.9. The van der Waals surface area contributed by atoms with E-state index in [9.17, 15) is 8.42 Å². The first-order chi connectivity index (χ1) is 8.03. The van der Waals surface area contributed by atoms with Crippen molar-refractivity contribution in [2.75, 3.05) is 20.3 Å². The molecule has 0 aliphatic carbocycles. The van der Waals surface area contributed by atoms with Crippen molar-refractivity contribution in [2.24, 2.45) is 0 Å². The van der Waals surface area contributed by atoms with E-state index in [4.69, 9.17) is 10.00 Å². The number of hydrogen-bond acceptors (Lipinski definition) is 4. The average molecular weight is 254 g/mol. The van der Waals surface area contributed by atoms with E-state index in [1.807, 2.05) is 6.07 Å². The van der Waals surface area contributed by atoms with E-state index in [0.29, 0.717) is 5.56 Å². The Morgan fingerprint density at radius 1 is 1.47 bits per heavy atom. The van der Waals surface area contributed by atoms with Crippen LogP contribution in [0.25, 0.3) is 0 Å². The number of ether oxygens (including phenoxy) is 1. The number of hydrogen-bond donors (Lipinski definition) is 1. The number of rotatable bonds is 5. The summed E-state index contributed by atoms with van der Waals surface area (Å²) in [6.07, 6.45) is 0. The van der Waals surface area contributed by atoms with Crippen LogP contribution >= 0.6 is 0 Å². The van der Waals surface area contributed by atoms with Crippen LogP contribution in [0.1, 0.15) is 11.1 Å². The zero-order valence-electron chi connectivity index (χ0n) is 9.73. The second-order valence-corrected chi connectivity index (χ2v) is 5.19. The minimum absolute atomic E-state index is 0.0103. The Kier molecular flexibility index (Phi) is 4.63. The van der Waals surface area contributed by atoms with Gasteiger partial charge in [0.25, 0.3) is 0 Å². The molecule has 1 aromatic rings. The van der Waals surface area contributed by atoms with Crippen molar-refractivity contribution >= 4 is 10.0 Å². The summed E-state index contributed by atoms with van der Waals surface area (Å²) in [6, 6.07) is 6.64. The Bertz CT molecular complexity index is 532. The second kappa shape index (κ2) is 5.77. The molecule has 0 aromatic heterocycles. The van der Waals surface area contributed by atoms with E-state index in [2.05, 4.69) is 4.72 Å². The van der Waals surface area contributed by atoms with E-state index in [1.165, 1.54) is 13.2 Å². The van der Waals surface area contributed by atoms with Gasteiger partial charge in [-0.3, -0.25) is 0 Å². The van der Waals surface area contributed by atoms with Crippen molar-refractivity contribution in [1.29, 1.82) is 5.26 Å². The topological polar surface area (TPSA) is 79.2 Å². The van der Waals surface area contributed by atoms with Crippen LogP contribution in [0.15, 0.2) is 23.1 Å². The molecule has 0 amide bonds. The number of nitrogens with zero attached hydrogens (tertiary/aromatic N) is 1. The SMILES string of the molecule is COCCNS(=O)(=O)c1cccc(C)c1C#N. The van der Waals surface area contributed by atoms with Crippen molar-refractivity contribution in [2.45, 2.75) is 11.8 Å². The summed E-state index contributed by atoms with van der Waals surface area (Å²) < 4.78 is 31.0. The fourth-order valence-corrected chi connectivity index (χ4v) is 2.60. The normalized spacial score (nSPS) is 11.1. The van der Waals surface area contributed by atoms with Crippen molar-refractivity contribution < 1.29 is 13.2 Å². The summed E-state index contributed by atoms with van der Waals surface area (Å²) in [5.74, 6) is 0. The molecule has 5 nitrogen and oxygen atoms in total. The Morgan fingerprint density at radius 3 is 2.76 bits per heavy atom. The van der Waals surface area contributed by atoms with Gasteiger partial charge >= 0.3 is 0 Å². The van der Waals surface area contributed by atoms with Crippen LogP contribution < -0.4 is 4.72 Å². The number of nitrogens with one attached hydrogen (secondary N) is 1. The van der Waals surface area contributed by atoms with Crippen LogP contribution in [0.2, 0.25) is 0 Å². The van der Waals surface area contributed by atoms with Gasteiger partial charge in [0.15, 0.2) is 0 Å². The van der Waals surface area contributed by atoms with Gasteiger partial charge in [0.1, 0.15) is 6.07 Å². The largest absolute Gasteiger partial charge is 0.383 e.